The van der Waals surface area contributed by atoms with Gasteiger partial charge in [-0.1, -0.05) is 35.3 Å². The highest BCUT2D eigenvalue weighted by Crippen LogP contribution is 2.52. The third kappa shape index (κ3) is 3.86. The molecule has 10 heteroatoms. The van der Waals surface area contributed by atoms with Gasteiger partial charge in [0.2, 0.25) is 11.8 Å². The van der Waals surface area contributed by atoms with Crippen molar-refractivity contribution in [3.8, 4) is 0 Å². The molecule has 2 aromatic rings. The van der Waals surface area contributed by atoms with Gasteiger partial charge in [-0.3, -0.25) is 9.59 Å². The summed E-state index contributed by atoms with van der Waals surface area (Å²) in [6.07, 6.45) is -0.767. The molecule has 4 atom stereocenters. The summed E-state index contributed by atoms with van der Waals surface area (Å²) in [6, 6.07) is 8.67. The van der Waals surface area contributed by atoms with Crippen molar-refractivity contribution in [2.24, 2.45) is 0 Å². The summed E-state index contributed by atoms with van der Waals surface area (Å²) in [5.41, 5.74) is 0.226. The van der Waals surface area contributed by atoms with Gasteiger partial charge in [-0.2, -0.15) is 0 Å². The molecule has 1 fully saturated rings. The van der Waals surface area contributed by atoms with Gasteiger partial charge in [-0.25, -0.2) is 4.39 Å². The Balaban J connectivity index is 1.75. The monoisotopic (exact) mass is 481 g/mol. The number of amides is 2. The first-order valence-corrected chi connectivity index (χ1v) is 10.9. The van der Waals surface area contributed by atoms with E-state index in [1.165, 1.54) is 12.1 Å². The molecule has 7 nitrogen and oxygen atoms in total. The van der Waals surface area contributed by atoms with Gasteiger partial charge < -0.3 is 26.2 Å². The number of nitrogens with one attached hydrogen (secondary N) is 3. The fourth-order valence-corrected chi connectivity index (χ4v) is 4.99. The predicted octanol–water partition coefficient (Wildman–Crippen LogP) is 1.94. The molecule has 2 heterocycles. The second kappa shape index (κ2) is 8.96. The Kier molecular flexibility index (Phi) is 6.42. The average molecular weight is 482 g/mol. The lowest BCUT2D eigenvalue weighted by atomic mass is 9.68. The molecule has 2 aromatic carbocycles. The Morgan fingerprint density at radius 2 is 2.09 bits per heavy atom. The van der Waals surface area contributed by atoms with Gasteiger partial charge in [0.1, 0.15) is 5.82 Å². The van der Waals surface area contributed by atoms with Crippen molar-refractivity contribution in [2.75, 3.05) is 25.0 Å². The van der Waals surface area contributed by atoms with Crippen molar-refractivity contribution in [2.45, 2.75) is 29.9 Å². The first kappa shape index (κ1) is 22.9. The van der Waals surface area contributed by atoms with E-state index in [0.717, 1.165) is 0 Å². The predicted molar refractivity (Wildman–Crippen MR) is 118 cm³/mol. The van der Waals surface area contributed by atoms with Gasteiger partial charge in [0.05, 0.1) is 29.2 Å². The number of anilines is 1. The van der Waals surface area contributed by atoms with Crippen molar-refractivity contribution in [3.63, 3.8) is 0 Å². The minimum Gasteiger partial charge on any atom is -0.394 e. The van der Waals surface area contributed by atoms with E-state index in [1.54, 1.807) is 24.3 Å². The van der Waals surface area contributed by atoms with E-state index in [1.807, 2.05) is 0 Å². The van der Waals surface area contributed by atoms with Crippen molar-refractivity contribution in [3.05, 3.63) is 63.4 Å². The normalized spacial score (nSPS) is 25.0. The summed E-state index contributed by atoms with van der Waals surface area (Å²) in [6.45, 7) is -0.167. The number of halogens is 3. The molecule has 5 N–H and O–H groups in total. The Bertz CT molecular complexity index is 1070. The SMILES string of the molecule is O=C(NCC[C@H](O)CO)[C@@H]1NC[C@]2(C(=O)Nc3cc(Cl)c(F)cc32)[C@H]1c1cccc(Cl)c1. The zero-order valence-electron chi connectivity index (χ0n) is 16.9. The maximum Gasteiger partial charge on any atom is 0.237 e. The third-order valence-corrected chi connectivity index (χ3v) is 6.66. The number of hydrogen-bond donors (Lipinski definition) is 5. The van der Waals surface area contributed by atoms with Crippen LogP contribution in [0.3, 0.4) is 0 Å². The van der Waals surface area contributed by atoms with Crippen LogP contribution < -0.4 is 16.0 Å². The molecule has 2 amide bonds. The van der Waals surface area contributed by atoms with E-state index in [2.05, 4.69) is 16.0 Å². The number of rotatable bonds is 6. The Morgan fingerprint density at radius 3 is 2.81 bits per heavy atom. The molecule has 32 heavy (non-hydrogen) atoms. The van der Waals surface area contributed by atoms with Crippen molar-refractivity contribution in [1.29, 1.82) is 0 Å². The maximum atomic E-state index is 14.4. The summed E-state index contributed by atoms with van der Waals surface area (Å²) in [5.74, 6) is -2.09. The largest absolute Gasteiger partial charge is 0.394 e. The van der Waals surface area contributed by atoms with Crippen LogP contribution in [0.1, 0.15) is 23.5 Å². The molecule has 0 aromatic heterocycles. The van der Waals surface area contributed by atoms with Crippen LogP contribution >= 0.6 is 23.2 Å². The van der Waals surface area contributed by atoms with Gasteiger partial charge >= 0.3 is 0 Å². The second-order valence-corrected chi connectivity index (χ2v) is 8.89. The number of aliphatic hydroxyl groups excluding tert-OH is 2. The molecule has 0 aliphatic carbocycles. The summed E-state index contributed by atoms with van der Waals surface area (Å²) in [4.78, 5) is 26.4. The van der Waals surface area contributed by atoms with Gasteiger partial charge in [0.25, 0.3) is 0 Å². The Hall–Kier alpha value is -2.23. The number of hydrogen-bond acceptors (Lipinski definition) is 5. The van der Waals surface area contributed by atoms with E-state index < -0.39 is 35.9 Å². The molecule has 170 valence electrons. The van der Waals surface area contributed by atoms with Crippen LogP contribution in [0, 0.1) is 5.82 Å². The molecule has 1 spiro atoms. The molecule has 0 bridgehead atoms. The van der Waals surface area contributed by atoms with E-state index in [-0.39, 0.29) is 36.3 Å². The van der Waals surface area contributed by atoms with E-state index in [4.69, 9.17) is 28.3 Å². The molecule has 1 saturated heterocycles. The lowest BCUT2D eigenvalue weighted by Crippen LogP contribution is -2.46. The quantitative estimate of drug-likeness (QED) is 0.433. The number of benzene rings is 2. The number of aliphatic hydroxyl groups is 2. The summed E-state index contributed by atoms with van der Waals surface area (Å²) >= 11 is 12.1. The van der Waals surface area contributed by atoms with E-state index in [0.29, 0.717) is 21.8 Å². The highest BCUT2D eigenvalue weighted by atomic mass is 35.5. The summed E-state index contributed by atoms with van der Waals surface area (Å²) in [7, 11) is 0. The fourth-order valence-electron chi connectivity index (χ4n) is 4.63. The van der Waals surface area contributed by atoms with Crippen LogP contribution in [0.15, 0.2) is 36.4 Å². The molecule has 0 saturated carbocycles. The Morgan fingerprint density at radius 1 is 1.31 bits per heavy atom. The molecule has 2 aliphatic rings. The van der Waals surface area contributed by atoms with Crippen LogP contribution in [0.2, 0.25) is 10.0 Å². The highest BCUT2D eigenvalue weighted by molar-refractivity contribution is 6.31. The molecular formula is C22H22Cl2FN3O4. The minimum absolute atomic E-state index is 0.0986. The summed E-state index contributed by atoms with van der Waals surface area (Å²) < 4.78 is 14.4. The molecule has 2 aliphatic heterocycles. The molecule has 0 radical (unpaired) electrons. The number of fused-ring (bicyclic) bond motifs is 2. The Labute approximate surface area is 193 Å². The number of carbonyl (C=O) groups is 2. The lowest BCUT2D eigenvalue weighted by molar-refractivity contribution is -0.123. The third-order valence-electron chi connectivity index (χ3n) is 6.14. The molecule has 0 unspecified atom stereocenters. The second-order valence-electron chi connectivity index (χ2n) is 8.04. The van der Waals surface area contributed by atoms with Crippen LogP contribution in [0.5, 0.6) is 0 Å². The van der Waals surface area contributed by atoms with Gasteiger partial charge in [-0.15, -0.1) is 0 Å². The number of carbonyl (C=O) groups excluding carboxylic acids is 2. The van der Waals surface area contributed by atoms with Gasteiger partial charge in [-0.05, 0) is 41.8 Å². The molecular weight excluding hydrogens is 460 g/mol. The van der Waals surface area contributed by atoms with Gasteiger partial charge in [0, 0.05) is 29.7 Å². The van der Waals surface area contributed by atoms with Crippen LogP contribution in [-0.2, 0) is 15.0 Å². The zero-order valence-corrected chi connectivity index (χ0v) is 18.4. The van der Waals surface area contributed by atoms with E-state index in [9.17, 15) is 19.1 Å². The first-order valence-electron chi connectivity index (χ1n) is 10.1. The average Bonchev–Trinajstić information content (AvgIpc) is 3.28. The first-order chi connectivity index (χ1) is 15.3. The van der Waals surface area contributed by atoms with Gasteiger partial charge in [0.15, 0.2) is 0 Å². The van der Waals surface area contributed by atoms with E-state index >= 15 is 0 Å². The van der Waals surface area contributed by atoms with Crippen LogP contribution in [0.4, 0.5) is 10.1 Å². The molecule has 4 rings (SSSR count). The minimum atomic E-state index is -1.25. The maximum absolute atomic E-state index is 14.4. The zero-order chi connectivity index (χ0) is 23.0. The summed E-state index contributed by atoms with van der Waals surface area (Å²) in [5, 5.41) is 27.5. The van der Waals surface area contributed by atoms with Crippen molar-refractivity contribution >= 4 is 40.7 Å². The smallest absolute Gasteiger partial charge is 0.237 e. The fraction of sp³-hybridized carbons (Fsp3) is 0.364. The topological polar surface area (TPSA) is 111 Å². The standard InChI is InChI=1S/C22H22Cl2FN3O4/c23-12-3-1-2-11(6-12)18-19(20(31)26-5-4-13(30)9-29)27-10-22(18)14-7-16(25)15(24)8-17(14)28-21(22)32/h1-3,6-8,13,18-19,27,29-30H,4-5,9-10H2,(H,26,31)(H,28,32)/t13-,18-,19+,22+/m0/s1. The lowest BCUT2D eigenvalue weighted by Gasteiger charge is -2.31. The van der Waals surface area contributed by atoms with Crippen molar-refractivity contribution in [1.82, 2.24) is 10.6 Å². The van der Waals surface area contributed by atoms with Crippen LogP contribution in [0.25, 0.3) is 0 Å². The van der Waals surface area contributed by atoms with Crippen LogP contribution in [-0.4, -0.2) is 53.9 Å². The van der Waals surface area contributed by atoms with Crippen molar-refractivity contribution < 1.29 is 24.2 Å². The highest BCUT2D eigenvalue weighted by Gasteiger charge is 2.60.